The van der Waals surface area contributed by atoms with Gasteiger partial charge in [-0.3, -0.25) is 0 Å². The molecular weight excluding hydrogens is 374 g/mol. The van der Waals surface area contributed by atoms with E-state index in [0.29, 0.717) is 0 Å². The first-order valence-electron chi connectivity index (χ1n) is 11.3. The Balaban J connectivity index is 1.64. The summed E-state index contributed by atoms with van der Waals surface area (Å²) in [4.78, 5) is 0. The lowest BCUT2D eigenvalue weighted by Crippen LogP contribution is -2.32. The highest BCUT2D eigenvalue weighted by atomic mass is 14.9. The van der Waals surface area contributed by atoms with Gasteiger partial charge < -0.3 is 0 Å². The highest BCUT2D eigenvalue weighted by Crippen LogP contribution is 2.50. The van der Waals surface area contributed by atoms with E-state index in [1.54, 1.807) is 0 Å². The predicted octanol–water partition coefficient (Wildman–Crippen LogP) is 6.55. The Labute approximate surface area is 185 Å². The lowest BCUT2D eigenvalue weighted by molar-refractivity contribution is -0.660. The van der Waals surface area contributed by atoms with Gasteiger partial charge in [0.15, 0.2) is 6.20 Å². The number of pyridine rings is 1. The van der Waals surface area contributed by atoms with Gasteiger partial charge in [-0.25, -0.2) is 4.57 Å². The molecule has 1 aromatic heterocycles. The van der Waals surface area contributed by atoms with Crippen LogP contribution in [0.4, 0.5) is 0 Å². The molecule has 152 valence electrons. The van der Waals surface area contributed by atoms with Gasteiger partial charge in [0.25, 0.3) is 0 Å². The minimum atomic E-state index is 1.01. The maximum absolute atomic E-state index is 2.38. The molecule has 3 aromatic carbocycles. The highest BCUT2D eigenvalue weighted by Gasteiger charge is 2.33. The van der Waals surface area contributed by atoms with Gasteiger partial charge >= 0.3 is 0 Å². The second-order valence-corrected chi connectivity index (χ2v) is 9.57. The SMILES string of the molecule is Cc1ccc2c(c1)Cc1ccc3c(c1-2)-c1cc[n+](C)c(-c2cc(C)cc(C)c2C)c1C3. The molecule has 0 aliphatic heterocycles. The molecule has 0 saturated carbocycles. The number of aromatic nitrogens is 1. The Hall–Kier alpha value is -3.19. The van der Waals surface area contributed by atoms with E-state index in [4.69, 9.17) is 0 Å². The third kappa shape index (κ3) is 2.59. The summed E-state index contributed by atoms with van der Waals surface area (Å²) in [6.07, 6.45) is 4.32. The van der Waals surface area contributed by atoms with Crippen molar-refractivity contribution in [2.24, 2.45) is 7.05 Å². The molecule has 4 aromatic rings. The van der Waals surface area contributed by atoms with E-state index in [9.17, 15) is 0 Å². The molecule has 0 amide bonds. The van der Waals surface area contributed by atoms with E-state index in [1.807, 2.05) is 0 Å². The Bertz CT molecular complexity index is 1420. The van der Waals surface area contributed by atoms with Crippen LogP contribution in [-0.2, 0) is 19.9 Å². The topological polar surface area (TPSA) is 3.88 Å². The number of aryl methyl sites for hydroxylation is 4. The van der Waals surface area contributed by atoms with Crippen molar-refractivity contribution in [3.63, 3.8) is 0 Å². The van der Waals surface area contributed by atoms with Crippen LogP contribution in [0.5, 0.6) is 0 Å². The van der Waals surface area contributed by atoms with E-state index < -0.39 is 0 Å². The maximum Gasteiger partial charge on any atom is 0.216 e. The van der Waals surface area contributed by atoms with E-state index in [0.717, 1.165) is 12.8 Å². The van der Waals surface area contributed by atoms with Crippen molar-refractivity contribution < 1.29 is 4.57 Å². The number of benzene rings is 3. The quantitative estimate of drug-likeness (QED) is 0.274. The molecule has 0 N–H and O–H groups in total. The van der Waals surface area contributed by atoms with Crippen LogP contribution >= 0.6 is 0 Å². The first-order valence-corrected chi connectivity index (χ1v) is 11.3. The second-order valence-electron chi connectivity index (χ2n) is 9.57. The van der Waals surface area contributed by atoms with Crippen molar-refractivity contribution >= 4 is 0 Å². The zero-order valence-corrected chi connectivity index (χ0v) is 19.1. The molecule has 6 rings (SSSR count). The average Bonchev–Trinajstić information content (AvgIpc) is 3.27. The highest BCUT2D eigenvalue weighted by molar-refractivity contribution is 5.96. The fraction of sp³-hybridized carbons (Fsp3) is 0.233. The standard InChI is InChI=1S/C30H28N/c1-17-6-9-24-23(13-17)15-21-7-8-22-16-27-25(29(22)28(21)24)10-11-31(5)30(27)26-14-18(2)12-19(3)20(26)4/h6-14H,15-16H2,1-5H3/q+1. The minimum absolute atomic E-state index is 1.01. The van der Waals surface area contributed by atoms with Crippen LogP contribution in [0.25, 0.3) is 33.5 Å². The molecule has 31 heavy (non-hydrogen) atoms. The van der Waals surface area contributed by atoms with Gasteiger partial charge in [0.1, 0.15) is 7.05 Å². The molecule has 0 bridgehead atoms. The lowest BCUT2D eigenvalue weighted by Gasteiger charge is -2.13. The Morgan fingerprint density at radius 2 is 1.39 bits per heavy atom. The number of nitrogens with zero attached hydrogens (tertiary/aromatic N) is 1. The van der Waals surface area contributed by atoms with E-state index >= 15 is 0 Å². The van der Waals surface area contributed by atoms with E-state index in [1.165, 1.54) is 78.0 Å². The third-order valence-electron chi connectivity index (χ3n) is 7.42. The molecule has 1 heteroatoms. The van der Waals surface area contributed by atoms with Crippen molar-refractivity contribution in [3.05, 3.63) is 99.2 Å². The summed E-state index contributed by atoms with van der Waals surface area (Å²) in [5.41, 5.74) is 19.9. The summed E-state index contributed by atoms with van der Waals surface area (Å²) in [5, 5.41) is 0. The number of hydrogen-bond donors (Lipinski definition) is 0. The second kappa shape index (κ2) is 6.40. The normalized spacial score (nSPS) is 13.1. The molecule has 1 heterocycles. The predicted molar refractivity (Wildman–Crippen MR) is 128 cm³/mol. The van der Waals surface area contributed by atoms with Gasteiger partial charge in [0, 0.05) is 23.6 Å². The molecular formula is C30H28N+. The van der Waals surface area contributed by atoms with Gasteiger partial charge in [-0.1, -0.05) is 47.5 Å². The minimum Gasteiger partial charge on any atom is -0.201 e. The molecule has 0 atom stereocenters. The first-order chi connectivity index (χ1) is 14.9. The Kier molecular flexibility index (Phi) is 3.84. The summed E-state index contributed by atoms with van der Waals surface area (Å²) in [6.45, 7) is 8.90. The smallest absolute Gasteiger partial charge is 0.201 e. The van der Waals surface area contributed by atoms with Crippen molar-refractivity contribution in [3.8, 4) is 33.5 Å². The summed E-state index contributed by atoms with van der Waals surface area (Å²) < 4.78 is 2.32. The van der Waals surface area contributed by atoms with Crippen LogP contribution < -0.4 is 4.57 Å². The van der Waals surface area contributed by atoms with E-state index in [2.05, 4.69) is 94.0 Å². The van der Waals surface area contributed by atoms with Crippen LogP contribution in [0, 0.1) is 27.7 Å². The van der Waals surface area contributed by atoms with Crippen molar-refractivity contribution in [2.45, 2.75) is 40.5 Å². The van der Waals surface area contributed by atoms with Gasteiger partial charge in [-0.2, -0.15) is 0 Å². The molecule has 0 unspecified atom stereocenters. The Morgan fingerprint density at radius 3 is 2.19 bits per heavy atom. The zero-order chi connectivity index (χ0) is 21.4. The fourth-order valence-electron chi connectivity index (χ4n) is 5.86. The molecule has 2 aliphatic rings. The number of fused-ring (bicyclic) bond motifs is 7. The van der Waals surface area contributed by atoms with Gasteiger partial charge in [0.05, 0.1) is 0 Å². The van der Waals surface area contributed by atoms with Crippen LogP contribution in [0.2, 0.25) is 0 Å². The monoisotopic (exact) mass is 402 g/mol. The summed E-state index contributed by atoms with van der Waals surface area (Å²) >= 11 is 0. The van der Waals surface area contributed by atoms with Crippen LogP contribution in [0.15, 0.2) is 54.7 Å². The molecule has 0 saturated heterocycles. The largest absolute Gasteiger partial charge is 0.216 e. The van der Waals surface area contributed by atoms with Crippen LogP contribution in [-0.4, -0.2) is 0 Å². The Morgan fingerprint density at radius 1 is 0.645 bits per heavy atom. The molecule has 1 nitrogen and oxygen atoms in total. The zero-order valence-electron chi connectivity index (χ0n) is 19.1. The lowest BCUT2D eigenvalue weighted by atomic mass is 9.92. The summed E-state index contributed by atoms with van der Waals surface area (Å²) in [6, 6.07) is 18.7. The van der Waals surface area contributed by atoms with Gasteiger partial charge in [-0.15, -0.1) is 0 Å². The molecule has 0 radical (unpaired) electrons. The van der Waals surface area contributed by atoms with Crippen molar-refractivity contribution in [2.75, 3.05) is 0 Å². The molecule has 2 aliphatic carbocycles. The number of hydrogen-bond acceptors (Lipinski definition) is 0. The molecule has 0 spiro atoms. The van der Waals surface area contributed by atoms with Gasteiger partial charge in [-0.05, 0) is 90.3 Å². The summed E-state index contributed by atoms with van der Waals surface area (Å²) in [7, 11) is 2.19. The van der Waals surface area contributed by atoms with Crippen LogP contribution in [0.3, 0.4) is 0 Å². The van der Waals surface area contributed by atoms with Crippen molar-refractivity contribution in [1.29, 1.82) is 0 Å². The van der Waals surface area contributed by atoms with Gasteiger partial charge in [0.2, 0.25) is 5.69 Å². The third-order valence-corrected chi connectivity index (χ3v) is 7.42. The van der Waals surface area contributed by atoms with Crippen molar-refractivity contribution in [1.82, 2.24) is 0 Å². The van der Waals surface area contributed by atoms with E-state index in [-0.39, 0.29) is 0 Å². The molecule has 0 fully saturated rings. The average molecular weight is 403 g/mol. The summed E-state index contributed by atoms with van der Waals surface area (Å²) in [5.74, 6) is 0. The number of rotatable bonds is 1. The van der Waals surface area contributed by atoms with Crippen LogP contribution in [0.1, 0.15) is 44.5 Å². The maximum atomic E-state index is 2.38. The fourth-order valence-corrected chi connectivity index (χ4v) is 5.86. The first kappa shape index (κ1) is 18.6.